The van der Waals surface area contributed by atoms with Crippen molar-refractivity contribution in [2.24, 2.45) is 0 Å². The zero-order valence-corrected chi connectivity index (χ0v) is 13.7. The van der Waals surface area contributed by atoms with Crippen LogP contribution in [0.4, 0.5) is 4.79 Å². The van der Waals surface area contributed by atoms with E-state index in [9.17, 15) is 13.2 Å². The summed E-state index contributed by atoms with van der Waals surface area (Å²) in [5, 5.41) is 5.30. The molecule has 0 aliphatic rings. The summed E-state index contributed by atoms with van der Waals surface area (Å²) in [4.78, 5) is 11.7. The molecule has 0 aromatic heterocycles. The molecule has 0 aliphatic heterocycles. The van der Waals surface area contributed by atoms with Crippen LogP contribution < -0.4 is 10.6 Å². The quantitative estimate of drug-likeness (QED) is 0.831. The fourth-order valence-corrected chi connectivity index (χ4v) is 2.82. The summed E-state index contributed by atoms with van der Waals surface area (Å²) in [7, 11) is -2.02. The number of carbonyl (C=O) groups is 1. The summed E-state index contributed by atoms with van der Waals surface area (Å²) in [6.45, 7) is 6.07. The Bertz CT molecular complexity index is 568. The van der Waals surface area contributed by atoms with Gasteiger partial charge in [-0.05, 0) is 32.9 Å². The van der Waals surface area contributed by atoms with E-state index >= 15 is 0 Å². The number of carbonyl (C=O) groups excluding carboxylic acids is 1. The molecule has 0 atom stereocenters. The minimum absolute atomic E-state index is 0.0408. The Morgan fingerprint density at radius 1 is 1.24 bits per heavy atom. The van der Waals surface area contributed by atoms with Crippen molar-refractivity contribution in [1.29, 1.82) is 0 Å². The van der Waals surface area contributed by atoms with Gasteiger partial charge in [0.2, 0.25) is 10.0 Å². The molecule has 21 heavy (non-hydrogen) atoms. The number of nitrogens with one attached hydrogen (secondary N) is 2. The highest BCUT2D eigenvalue weighted by atomic mass is 32.2. The van der Waals surface area contributed by atoms with E-state index in [-0.39, 0.29) is 30.1 Å². The van der Waals surface area contributed by atoms with Crippen molar-refractivity contribution in [2.75, 3.05) is 20.1 Å². The van der Waals surface area contributed by atoms with Crippen molar-refractivity contribution >= 4 is 16.1 Å². The van der Waals surface area contributed by atoms with Gasteiger partial charge >= 0.3 is 6.03 Å². The van der Waals surface area contributed by atoms with Crippen molar-refractivity contribution in [3.63, 3.8) is 0 Å². The summed E-state index contributed by atoms with van der Waals surface area (Å²) in [5.41, 5.74) is 1.00. The number of urea groups is 1. The fourth-order valence-electron chi connectivity index (χ4n) is 1.65. The van der Waals surface area contributed by atoms with E-state index in [0.29, 0.717) is 0 Å². The van der Waals surface area contributed by atoms with Crippen LogP contribution in [0.5, 0.6) is 0 Å². The van der Waals surface area contributed by atoms with Crippen LogP contribution in [0.25, 0.3) is 0 Å². The van der Waals surface area contributed by atoms with Crippen LogP contribution in [-0.2, 0) is 10.0 Å². The normalized spacial score (nSPS) is 11.7. The van der Waals surface area contributed by atoms with Gasteiger partial charge in [0.05, 0.1) is 4.90 Å². The zero-order valence-electron chi connectivity index (χ0n) is 12.9. The molecule has 0 fully saturated rings. The van der Waals surface area contributed by atoms with Gasteiger partial charge in [-0.3, -0.25) is 0 Å². The molecule has 0 heterocycles. The number of nitrogens with zero attached hydrogens (tertiary/aromatic N) is 1. The number of aryl methyl sites for hydroxylation is 1. The fraction of sp³-hybridized carbons (Fsp3) is 0.500. The Morgan fingerprint density at radius 2 is 1.81 bits per heavy atom. The number of rotatable bonds is 6. The summed E-state index contributed by atoms with van der Waals surface area (Å²) in [5.74, 6) is 0. The molecule has 118 valence electrons. The van der Waals surface area contributed by atoms with Crippen LogP contribution >= 0.6 is 0 Å². The van der Waals surface area contributed by atoms with Crippen LogP contribution in [0, 0.1) is 6.92 Å². The van der Waals surface area contributed by atoms with Gasteiger partial charge in [-0.15, -0.1) is 0 Å². The van der Waals surface area contributed by atoms with Crippen molar-refractivity contribution in [3.05, 3.63) is 29.8 Å². The molecule has 7 heteroatoms. The first-order valence-corrected chi connectivity index (χ1v) is 8.25. The molecule has 0 unspecified atom stereocenters. The second-order valence-electron chi connectivity index (χ2n) is 5.19. The summed E-state index contributed by atoms with van der Waals surface area (Å²) < 4.78 is 25.8. The molecule has 0 spiro atoms. The third-order valence-electron chi connectivity index (χ3n) is 2.86. The molecular weight excluding hydrogens is 290 g/mol. The molecule has 2 N–H and O–H groups in total. The molecule has 0 aliphatic carbocycles. The van der Waals surface area contributed by atoms with E-state index in [1.54, 1.807) is 24.3 Å². The maximum Gasteiger partial charge on any atom is 0.315 e. The van der Waals surface area contributed by atoms with Gasteiger partial charge in [-0.25, -0.2) is 13.2 Å². The second-order valence-corrected chi connectivity index (χ2v) is 7.24. The topological polar surface area (TPSA) is 78.5 Å². The van der Waals surface area contributed by atoms with Crippen LogP contribution in [0.2, 0.25) is 0 Å². The largest absolute Gasteiger partial charge is 0.337 e. The molecule has 0 bridgehead atoms. The lowest BCUT2D eigenvalue weighted by atomic mass is 10.2. The molecule has 0 saturated carbocycles. The van der Waals surface area contributed by atoms with Gasteiger partial charge in [-0.2, -0.15) is 4.31 Å². The van der Waals surface area contributed by atoms with Crippen LogP contribution in [0.3, 0.4) is 0 Å². The maximum atomic E-state index is 12.3. The molecule has 1 aromatic carbocycles. The summed E-state index contributed by atoms with van der Waals surface area (Å²) in [6.07, 6.45) is 0. The molecule has 6 nitrogen and oxygen atoms in total. The number of hydrogen-bond donors (Lipinski definition) is 2. The maximum absolute atomic E-state index is 12.3. The molecule has 0 radical (unpaired) electrons. The number of benzene rings is 1. The highest BCUT2D eigenvalue weighted by Crippen LogP contribution is 2.14. The van der Waals surface area contributed by atoms with E-state index in [1.165, 1.54) is 11.4 Å². The van der Waals surface area contributed by atoms with Crippen LogP contribution in [-0.4, -0.2) is 44.9 Å². The lowest BCUT2D eigenvalue weighted by Crippen LogP contribution is -2.43. The van der Waals surface area contributed by atoms with E-state index in [4.69, 9.17) is 0 Å². The monoisotopic (exact) mass is 313 g/mol. The molecule has 2 amide bonds. The minimum Gasteiger partial charge on any atom is -0.337 e. The molecular formula is C14H23N3O3S. The van der Waals surface area contributed by atoms with Gasteiger partial charge < -0.3 is 10.6 Å². The first-order chi connectivity index (χ1) is 9.73. The van der Waals surface area contributed by atoms with Gasteiger partial charge in [0, 0.05) is 26.2 Å². The smallest absolute Gasteiger partial charge is 0.315 e. The molecule has 0 saturated heterocycles. The number of likely N-dealkylation sites (N-methyl/N-ethyl adjacent to an activating group) is 1. The van der Waals surface area contributed by atoms with Crippen molar-refractivity contribution in [3.8, 4) is 0 Å². The predicted molar refractivity (Wildman–Crippen MR) is 82.7 cm³/mol. The van der Waals surface area contributed by atoms with Crippen LogP contribution in [0.1, 0.15) is 19.4 Å². The third-order valence-corrected chi connectivity index (χ3v) is 4.73. The first-order valence-electron chi connectivity index (χ1n) is 6.81. The van der Waals surface area contributed by atoms with E-state index in [2.05, 4.69) is 10.6 Å². The highest BCUT2D eigenvalue weighted by Gasteiger charge is 2.20. The number of hydrogen-bond acceptors (Lipinski definition) is 3. The zero-order chi connectivity index (χ0) is 16.0. The Labute approximate surface area is 126 Å². The van der Waals surface area contributed by atoms with Gasteiger partial charge in [0.25, 0.3) is 0 Å². The first kappa shape index (κ1) is 17.5. The van der Waals surface area contributed by atoms with Crippen molar-refractivity contribution < 1.29 is 13.2 Å². The van der Waals surface area contributed by atoms with Crippen LogP contribution in [0.15, 0.2) is 29.2 Å². The van der Waals surface area contributed by atoms with E-state index in [1.807, 2.05) is 20.8 Å². The lowest BCUT2D eigenvalue weighted by molar-refractivity contribution is 0.238. The van der Waals surface area contributed by atoms with Gasteiger partial charge in [0.15, 0.2) is 0 Å². The lowest BCUT2D eigenvalue weighted by Gasteiger charge is -2.18. The Kier molecular flexibility index (Phi) is 6.17. The number of sulfonamides is 1. The summed E-state index contributed by atoms with van der Waals surface area (Å²) >= 11 is 0. The van der Waals surface area contributed by atoms with Gasteiger partial charge in [0.1, 0.15) is 0 Å². The Morgan fingerprint density at radius 3 is 2.33 bits per heavy atom. The SMILES string of the molecule is Cc1ccc(S(=O)(=O)N(C)CCNC(=O)NC(C)C)cc1. The average molecular weight is 313 g/mol. The number of amides is 2. The van der Waals surface area contributed by atoms with Crippen molar-refractivity contribution in [1.82, 2.24) is 14.9 Å². The minimum atomic E-state index is -3.52. The van der Waals surface area contributed by atoms with Gasteiger partial charge in [-0.1, -0.05) is 17.7 Å². The van der Waals surface area contributed by atoms with E-state index < -0.39 is 10.0 Å². The third kappa shape index (κ3) is 5.35. The molecule has 1 aromatic rings. The second kappa shape index (κ2) is 7.42. The van der Waals surface area contributed by atoms with E-state index in [0.717, 1.165) is 5.56 Å². The van der Waals surface area contributed by atoms with Crippen molar-refractivity contribution in [2.45, 2.75) is 31.7 Å². The summed E-state index contributed by atoms with van der Waals surface area (Å²) in [6, 6.07) is 6.43. The Balaban J connectivity index is 2.56. The molecule has 1 rings (SSSR count). The standard InChI is InChI=1S/C14H23N3O3S/c1-11(2)16-14(18)15-9-10-17(4)21(19,20)13-7-5-12(3)6-8-13/h5-8,11H,9-10H2,1-4H3,(H2,15,16,18). The average Bonchev–Trinajstić information content (AvgIpc) is 2.38. The predicted octanol–water partition coefficient (Wildman–Crippen LogP) is 1.32. The Hall–Kier alpha value is -1.60. The highest BCUT2D eigenvalue weighted by molar-refractivity contribution is 7.89.